The molecule has 0 bridgehead atoms. The quantitative estimate of drug-likeness (QED) is 0.505. The smallest absolute Gasteiger partial charge is 0 e. The first-order valence-electron chi connectivity index (χ1n) is 3.12. The molecule has 0 aromatic carbocycles. The van der Waals surface area contributed by atoms with Crippen molar-refractivity contribution in [2.75, 3.05) is 6.54 Å². The predicted molar refractivity (Wildman–Crippen MR) is 46.5 cm³/mol. The second-order valence-electron chi connectivity index (χ2n) is 1.85. The first-order valence-corrected chi connectivity index (χ1v) is 3.12. The molecule has 0 spiro atoms. The van der Waals surface area contributed by atoms with Gasteiger partial charge < -0.3 is 5.73 Å². The Morgan fingerprint density at radius 2 is 1.36 bits per heavy atom. The maximum Gasteiger partial charge on any atom is 0 e. The minimum absolute atomic E-state index is 0. The maximum absolute atomic E-state index is 5.27. The van der Waals surface area contributed by atoms with Crippen LogP contribution in [-0.4, -0.2) is 15.0 Å². The van der Waals surface area contributed by atoms with Gasteiger partial charge in [0.05, 0.1) is 0 Å². The zero-order valence-corrected chi connectivity index (χ0v) is 6.91. The number of hydrogen-bond donors (Lipinski definition) is 1. The van der Waals surface area contributed by atoms with Gasteiger partial charge in [-0.3, -0.25) is 14.1 Å². The minimum atomic E-state index is 0. The van der Waals surface area contributed by atoms with Gasteiger partial charge >= 0.3 is 0 Å². The van der Waals surface area contributed by atoms with E-state index in [0.29, 0.717) is 0 Å². The number of unbranched alkanes of at least 4 members (excludes halogenated alkanes) is 3. The fourth-order valence-corrected chi connectivity index (χ4v) is 0.571. The first kappa shape index (κ1) is 30.8. The van der Waals surface area contributed by atoms with Crippen LogP contribution in [0.4, 0.5) is 14.1 Å². The lowest BCUT2D eigenvalue weighted by Crippen LogP contribution is -1.97. The van der Waals surface area contributed by atoms with Gasteiger partial charge in [-0.15, -0.1) is 0 Å². The van der Waals surface area contributed by atoms with E-state index in [1.807, 2.05) is 0 Å². The molecule has 71 valence electrons. The summed E-state index contributed by atoms with van der Waals surface area (Å²) in [5.41, 5.74) is 5.27. The summed E-state index contributed by atoms with van der Waals surface area (Å²) in [5.74, 6) is 0. The van der Waals surface area contributed by atoms with Gasteiger partial charge in [0.1, 0.15) is 0 Å². The van der Waals surface area contributed by atoms with E-state index in [1.54, 1.807) is 0 Å². The van der Waals surface area contributed by atoms with Crippen LogP contribution in [0, 0.1) is 0 Å². The molecule has 5 heteroatoms. The minimum Gasteiger partial charge on any atom is -0.330 e. The van der Waals surface area contributed by atoms with Crippen LogP contribution in [0.15, 0.2) is 0 Å². The standard InChI is InChI=1S/C6H15N.B.3FH/c1-2-3-4-5-6-7;;;;/h2-7H2,1H3;;3*1H. The summed E-state index contributed by atoms with van der Waals surface area (Å²) in [6, 6.07) is 0. The van der Waals surface area contributed by atoms with E-state index in [9.17, 15) is 0 Å². The molecule has 0 aliphatic heterocycles. The van der Waals surface area contributed by atoms with Crippen LogP contribution in [-0.2, 0) is 0 Å². The van der Waals surface area contributed by atoms with Gasteiger partial charge in [0.15, 0.2) is 0 Å². The van der Waals surface area contributed by atoms with Crippen LogP contribution in [0.2, 0.25) is 0 Å². The molecule has 2 N–H and O–H groups in total. The van der Waals surface area contributed by atoms with Crippen molar-refractivity contribution in [2.24, 2.45) is 5.73 Å². The fraction of sp³-hybridized carbons (Fsp3) is 1.00. The molecule has 1 nitrogen and oxygen atoms in total. The number of rotatable bonds is 4. The van der Waals surface area contributed by atoms with E-state index in [4.69, 9.17) is 5.73 Å². The van der Waals surface area contributed by atoms with E-state index in [1.165, 1.54) is 25.7 Å². The SMILES string of the molecule is CCCCCCN.F.F.F.[B]. The van der Waals surface area contributed by atoms with Crippen molar-refractivity contribution in [1.29, 1.82) is 0 Å². The molecule has 0 aliphatic rings. The molecular formula is C6H18BF3N. The van der Waals surface area contributed by atoms with Crippen molar-refractivity contribution >= 4 is 8.41 Å². The Kier molecular flexibility index (Phi) is 92.1. The van der Waals surface area contributed by atoms with E-state index in [2.05, 4.69) is 6.92 Å². The third kappa shape index (κ3) is 41.2. The summed E-state index contributed by atoms with van der Waals surface area (Å²) in [4.78, 5) is 0. The number of nitrogens with two attached hydrogens (primary N) is 1. The molecule has 0 aromatic rings. The summed E-state index contributed by atoms with van der Waals surface area (Å²) in [6.07, 6.45) is 5.16. The van der Waals surface area contributed by atoms with Crippen LogP contribution in [0.5, 0.6) is 0 Å². The van der Waals surface area contributed by atoms with Gasteiger partial charge in [0, 0.05) is 8.41 Å². The molecule has 0 rings (SSSR count). The Hall–Kier alpha value is -0.185. The van der Waals surface area contributed by atoms with Crippen molar-refractivity contribution in [2.45, 2.75) is 32.6 Å². The van der Waals surface area contributed by atoms with Crippen LogP contribution < -0.4 is 5.73 Å². The second-order valence-corrected chi connectivity index (χ2v) is 1.85. The molecular weight excluding hydrogens is 154 g/mol. The molecule has 0 heterocycles. The Labute approximate surface area is 68.4 Å². The highest BCUT2D eigenvalue weighted by Gasteiger charge is 1.80. The molecule has 0 aromatic heterocycles. The van der Waals surface area contributed by atoms with Gasteiger partial charge in [-0.1, -0.05) is 26.2 Å². The largest absolute Gasteiger partial charge is 0.330 e. The lowest BCUT2D eigenvalue weighted by molar-refractivity contribution is 0.674. The molecule has 0 atom stereocenters. The van der Waals surface area contributed by atoms with Crippen molar-refractivity contribution < 1.29 is 14.1 Å². The van der Waals surface area contributed by atoms with E-state index < -0.39 is 0 Å². The van der Waals surface area contributed by atoms with Gasteiger partial charge in [0.25, 0.3) is 0 Å². The van der Waals surface area contributed by atoms with E-state index >= 15 is 0 Å². The average Bonchev–Trinajstić information content (AvgIpc) is 1.69. The Morgan fingerprint density at radius 1 is 0.909 bits per heavy atom. The summed E-state index contributed by atoms with van der Waals surface area (Å²) in [5, 5.41) is 0. The number of hydrogen-bond acceptors (Lipinski definition) is 1. The Balaban J connectivity index is -0.0000000300. The van der Waals surface area contributed by atoms with Crippen molar-refractivity contribution in [3.8, 4) is 0 Å². The van der Waals surface area contributed by atoms with Crippen molar-refractivity contribution in [3.05, 3.63) is 0 Å². The van der Waals surface area contributed by atoms with E-state index in [-0.39, 0.29) is 22.5 Å². The van der Waals surface area contributed by atoms with Crippen LogP contribution in [0.25, 0.3) is 0 Å². The average molecular weight is 172 g/mol. The summed E-state index contributed by atoms with van der Waals surface area (Å²) < 4.78 is 0. The van der Waals surface area contributed by atoms with Gasteiger partial charge in [-0.05, 0) is 13.0 Å². The van der Waals surface area contributed by atoms with Crippen LogP contribution in [0.3, 0.4) is 0 Å². The zero-order chi connectivity index (χ0) is 5.54. The summed E-state index contributed by atoms with van der Waals surface area (Å²) >= 11 is 0. The monoisotopic (exact) mass is 172 g/mol. The Bertz CT molecular complexity index is 37.0. The third-order valence-corrected chi connectivity index (χ3v) is 1.06. The molecule has 0 saturated carbocycles. The van der Waals surface area contributed by atoms with Gasteiger partial charge in [-0.2, -0.15) is 0 Å². The van der Waals surface area contributed by atoms with Crippen LogP contribution in [0.1, 0.15) is 32.6 Å². The Morgan fingerprint density at radius 3 is 1.64 bits per heavy atom. The molecule has 11 heavy (non-hydrogen) atoms. The molecule has 0 saturated heterocycles. The van der Waals surface area contributed by atoms with Gasteiger partial charge in [0.2, 0.25) is 0 Å². The summed E-state index contributed by atoms with van der Waals surface area (Å²) in [7, 11) is 0. The normalized spacial score (nSPS) is 6.00. The highest BCUT2D eigenvalue weighted by atomic mass is 19.0. The third-order valence-electron chi connectivity index (χ3n) is 1.06. The molecule has 0 unspecified atom stereocenters. The van der Waals surface area contributed by atoms with Gasteiger partial charge in [-0.25, -0.2) is 0 Å². The van der Waals surface area contributed by atoms with Crippen molar-refractivity contribution in [1.82, 2.24) is 0 Å². The predicted octanol–water partition coefficient (Wildman–Crippen LogP) is 1.60. The lowest BCUT2D eigenvalue weighted by atomic mass is 10.2. The zero-order valence-electron chi connectivity index (χ0n) is 6.91. The molecule has 3 radical (unpaired) electrons. The van der Waals surface area contributed by atoms with Crippen molar-refractivity contribution in [3.63, 3.8) is 0 Å². The van der Waals surface area contributed by atoms with Crippen LogP contribution >= 0.6 is 0 Å². The highest BCUT2D eigenvalue weighted by Crippen LogP contribution is 1.95. The lowest BCUT2D eigenvalue weighted by Gasteiger charge is -1.90. The first-order chi connectivity index (χ1) is 3.41. The molecule has 0 aliphatic carbocycles. The summed E-state index contributed by atoms with van der Waals surface area (Å²) in [6.45, 7) is 3.07. The highest BCUT2D eigenvalue weighted by molar-refractivity contribution is 5.75. The topological polar surface area (TPSA) is 26.0 Å². The maximum atomic E-state index is 5.27. The van der Waals surface area contributed by atoms with E-state index in [0.717, 1.165) is 6.54 Å². The molecule has 0 amide bonds. The number of halogens is 3. The second kappa shape index (κ2) is 32.9. The molecule has 0 fully saturated rings. The fourth-order valence-electron chi connectivity index (χ4n) is 0.571.